The highest BCUT2D eigenvalue weighted by atomic mass is 31.2. The third kappa shape index (κ3) is 8.59. The molecule has 0 amide bonds. The molecule has 0 spiro atoms. The Morgan fingerprint density at radius 1 is 1.00 bits per heavy atom. The highest BCUT2D eigenvalue weighted by Crippen LogP contribution is 2.59. The lowest BCUT2D eigenvalue weighted by Gasteiger charge is -2.13. The summed E-state index contributed by atoms with van der Waals surface area (Å²) in [5, 5.41) is 0.847. The van der Waals surface area contributed by atoms with E-state index in [9.17, 15) is 9.13 Å². The standard InChI is InChI=1S/C2H7N.C2H8O6P2/c1-3-2;1-2(9(3,4)5)10(6,7)8/h3H,1-2H3;2H,1H3,(H2,3,4,5)(H2,6,7,8). The second-order valence-electron chi connectivity index (χ2n) is 2.31. The fraction of sp³-hybridized carbons (Fsp3) is 1.00. The van der Waals surface area contributed by atoms with Crippen molar-refractivity contribution in [2.24, 2.45) is 0 Å². The topological polar surface area (TPSA) is 127 Å². The van der Waals surface area contributed by atoms with Crippen molar-refractivity contribution >= 4 is 15.2 Å². The second-order valence-corrected chi connectivity index (χ2v) is 6.62. The average Bonchev–Trinajstić information content (AvgIpc) is 1.84. The van der Waals surface area contributed by atoms with Crippen LogP contribution in [0.3, 0.4) is 0 Å². The first-order valence-corrected chi connectivity index (χ1v) is 6.62. The molecular formula is C4H15NO6P2. The van der Waals surface area contributed by atoms with Gasteiger partial charge < -0.3 is 24.9 Å². The molecule has 9 heteroatoms. The van der Waals surface area contributed by atoms with Crippen LogP contribution in [0, 0.1) is 0 Å². The first kappa shape index (κ1) is 15.7. The largest absolute Gasteiger partial charge is 0.340 e. The second kappa shape index (κ2) is 5.88. The van der Waals surface area contributed by atoms with Crippen LogP contribution in [0.25, 0.3) is 0 Å². The maximum absolute atomic E-state index is 10.2. The Kier molecular flexibility index (Phi) is 7.11. The molecule has 13 heavy (non-hydrogen) atoms. The lowest BCUT2D eigenvalue weighted by Crippen LogP contribution is -2.02. The van der Waals surface area contributed by atoms with Gasteiger partial charge in [0.1, 0.15) is 0 Å². The van der Waals surface area contributed by atoms with Crippen molar-refractivity contribution in [2.75, 3.05) is 14.1 Å². The third-order valence-corrected chi connectivity index (χ3v) is 4.73. The van der Waals surface area contributed by atoms with Crippen molar-refractivity contribution in [1.29, 1.82) is 0 Å². The molecule has 0 unspecified atom stereocenters. The number of rotatable bonds is 2. The molecule has 0 atom stereocenters. The molecule has 0 aliphatic rings. The molecular weight excluding hydrogens is 220 g/mol. The van der Waals surface area contributed by atoms with E-state index >= 15 is 0 Å². The van der Waals surface area contributed by atoms with Gasteiger partial charge in [0.2, 0.25) is 0 Å². The summed E-state index contributed by atoms with van der Waals surface area (Å²) in [6.07, 6.45) is 0. The van der Waals surface area contributed by atoms with Gasteiger partial charge in [0.25, 0.3) is 0 Å². The fourth-order valence-corrected chi connectivity index (χ4v) is 1.76. The Morgan fingerprint density at radius 2 is 1.15 bits per heavy atom. The van der Waals surface area contributed by atoms with Crippen molar-refractivity contribution in [3.05, 3.63) is 0 Å². The van der Waals surface area contributed by atoms with Crippen LogP contribution in [0.5, 0.6) is 0 Å². The maximum atomic E-state index is 10.2. The van der Waals surface area contributed by atoms with Crippen molar-refractivity contribution in [3.63, 3.8) is 0 Å². The minimum atomic E-state index is -4.64. The minimum Gasteiger partial charge on any atom is -0.324 e. The Bertz CT molecular complexity index is 197. The van der Waals surface area contributed by atoms with E-state index < -0.39 is 20.6 Å². The van der Waals surface area contributed by atoms with Gasteiger partial charge in [-0.05, 0) is 21.0 Å². The number of nitrogens with one attached hydrogen (secondary N) is 1. The summed E-state index contributed by atoms with van der Waals surface area (Å²) in [4.78, 5) is 33.0. The Labute approximate surface area is 76.5 Å². The van der Waals surface area contributed by atoms with Gasteiger partial charge in [-0.1, -0.05) is 0 Å². The van der Waals surface area contributed by atoms with E-state index in [1.807, 2.05) is 14.1 Å². The van der Waals surface area contributed by atoms with Gasteiger partial charge in [-0.15, -0.1) is 0 Å². The lowest BCUT2D eigenvalue weighted by atomic mass is 11.0. The molecule has 0 saturated heterocycles. The fourth-order valence-electron chi connectivity index (χ4n) is 0.196. The van der Waals surface area contributed by atoms with E-state index in [1.54, 1.807) is 0 Å². The molecule has 82 valence electrons. The van der Waals surface area contributed by atoms with Gasteiger partial charge in [0.15, 0.2) is 5.40 Å². The van der Waals surface area contributed by atoms with Crippen molar-refractivity contribution in [2.45, 2.75) is 12.3 Å². The molecule has 5 N–H and O–H groups in total. The lowest BCUT2D eigenvalue weighted by molar-refractivity contribution is 0.342. The van der Waals surface area contributed by atoms with E-state index in [4.69, 9.17) is 19.6 Å². The Morgan fingerprint density at radius 3 is 1.15 bits per heavy atom. The molecule has 0 heterocycles. The zero-order valence-electron chi connectivity index (χ0n) is 7.58. The van der Waals surface area contributed by atoms with E-state index in [0.29, 0.717) is 0 Å². The summed E-state index contributed by atoms with van der Waals surface area (Å²) in [6.45, 7) is 0.807. The Hall–Kier alpha value is 0.260. The Balaban J connectivity index is 0. The third-order valence-electron chi connectivity index (χ3n) is 0.974. The zero-order valence-corrected chi connectivity index (χ0v) is 9.37. The van der Waals surface area contributed by atoms with Gasteiger partial charge in [-0.3, -0.25) is 9.13 Å². The predicted molar refractivity (Wildman–Crippen MR) is 48.5 cm³/mol. The van der Waals surface area contributed by atoms with Crippen LogP contribution < -0.4 is 5.32 Å². The van der Waals surface area contributed by atoms with Crippen LogP contribution in [-0.4, -0.2) is 39.1 Å². The average molecular weight is 235 g/mol. The van der Waals surface area contributed by atoms with Crippen LogP contribution >= 0.6 is 15.2 Å². The van der Waals surface area contributed by atoms with Crippen LogP contribution in [0.2, 0.25) is 0 Å². The quantitative estimate of drug-likeness (QED) is 0.409. The SMILES string of the molecule is CC(P(=O)(O)O)P(=O)(O)O.CNC. The van der Waals surface area contributed by atoms with E-state index in [2.05, 4.69) is 5.32 Å². The minimum absolute atomic E-state index is 0.807. The molecule has 0 aliphatic carbocycles. The zero-order chi connectivity index (χ0) is 11.3. The summed E-state index contributed by atoms with van der Waals surface area (Å²) in [5.41, 5.74) is 0. The number of hydrogen-bond donors (Lipinski definition) is 5. The smallest absolute Gasteiger partial charge is 0.324 e. The van der Waals surface area contributed by atoms with Crippen LogP contribution in [0.4, 0.5) is 0 Å². The highest BCUT2D eigenvalue weighted by Gasteiger charge is 2.38. The molecule has 0 aromatic rings. The molecule has 0 rings (SSSR count). The van der Waals surface area contributed by atoms with E-state index in [0.717, 1.165) is 6.92 Å². The summed E-state index contributed by atoms with van der Waals surface area (Å²) < 4.78 is 20.4. The highest BCUT2D eigenvalue weighted by molar-refractivity contribution is 7.70. The molecule has 0 fully saturated rings. The van der Waals surface area contributed by atoms with Gasteiger partial charge in [-0.25, -0.2) is 0 Å². The van der Waals surface area contributed by atoms with Crippen molar-refractivity contribution in [3.8, 4) is 0 Å². The summed E-state index contributed by atoms with van der Waals surface area (Å²) in [6, 6.07) is 0. The van der Waals surface area contributed by atoms with Crippen molar-refractivity contribution in [1.82, 2.24) is 5.32 Å². The maximum Gasteiger partial charge on any atom is 0.340 e. The molecule has 0 aromatic heterocycles. The normalized spacial score (nSPS) is 12.3. The van der Waals surface area contributed by atoms with Crippen molar-refractivity contribution < 1.29 is 28.7 Å². The molecule has 7 nitrogen and oxygen atoms in total. The van der Waals surface area contributed by atoms with Crippen LogP contribution in [-0.2, 0) is 9.13 Å². The van der Waals surface area contributed by atoms with Crippen LogP contribution in [0.15, 0.2) is 0 Å². The summed E-state index contributed by atoms with van der Waals surface area (Å²) >= 11 is 0. The molecule has 0 aliphatic heterocycles. The van der Waals surface area contributed by atoms with Gasteiger partial charge in [-0.2, -0.15) is 0 Å². The van der Waals surface area contributed by atoms with E-state index in [1.165, 1.54) is 0 Å². The number of hydrogen-bond acceptors (Lipinski definition) is 3. The first-order chi connectivity index (χ1) is 5.57. The molecule has 0 radical (unpaired) electrons. The van der Waals surface area contributed by atoms with Gasteiger partial charge in [0, 0.05) is 0 Å². The monoisotopic (exact) mass is 235 g/mol. The van der Waals surface area contributed by atoms with Crippen LogP contribution in [0.1, 0.15) is 6.92 Å². The van der Waals surface area contributed by atoms with Gasteiger partial charge in [0.05, 0.1) is 0 Å². The molecule has 0 bridgehead atoms. The molecule has 0 aromatic carbocycles. The summed E-state index contributed by atoms with van der Waals surface area (Å²) in [5.74, 6) is 0. The summed E-state index contributed by atoms with van der Waals surface area (Å²) in [7, 11) is -5.53. The van der Waals surface area contributed by atoms with Gasteiger partial charge >= 0.3 is 15.2 Å². The molecule has 0 saturated carbocycles. The first-order valence-electron chi connectivity index (χ1n) is 3.26. The van der Waals surface area contributed by atoms with E-state index in [-0.39, 0.29) is 0 Å². The predicted octanol–water partition coefficient (Wildman–Crippen LogP) is -0.477.